The molecule has 2 aromatic heterocycles. The Balaban J connectivity index is 1.68. The van der Waals surface area contributed by atoms with E-state index in [1.807, 2.05) is 0 Å². The van der Waals surface area contributed by atoms with Crippen molar-refractivity contribution in [1.29, 1.82) is 0 Å². The molecule has 1 aliphatic heterocycles. The highest BCUT2D eigenvalue weighted by atomic mass is 19.4. The number of hydrogen-bond acceptors (Lipinski definition) is 6. The molecule has 0 saturated carbocycles. The fourth-order valence-electron chi connectivity index (χ4n) is 3.54. The van der Waals surface area contributed by atoms with Crippen molar-refractivity contribution in [3.05, 3.63) is 42.2 Å². The van der Waals surface area contributed by atoms with Gasteiger partial charge in [-0.05, 0) is 24.3 Å². The number of pyridine rings is 1. The standard InChI is InChI=1S/C21H22F3N5O2/c1-30-17-4-3-13(10-18(17)31-2)19-26-12-16(28-19)14-9-15(21(22,23)24)20(27-11-14)29-7-5-25-6-8-29/h3-4,9-12,25H,5-8H2,1-2H3,(H,26,28). The molecule has 0 atom stereocenters. The molecule has 4 rings (SSSR count). The molecule has 164 valence electrons. The van der Waals surface area contributed by atoms with E-state index in [0.717, 1.165) is 6.07 Å². The molecule has 1 saturated heterocycles. The van der Waals surface area contributed by atoms with E-state index in [2.05, 4.69) is 20.3 Å². The van der Waals surface area contributed by atoms with Crippen LogP contribution in [0.15, 0.2) is 36.7 Å². The summed E-state index contributed by atoms with van der Waals surface area (Å²) in [5, 5.41) is 3.13. The van der Waals surface area contributed by atoms with E-state index in [-0.39, 0.29) is 5.82 Å². The topological polar surface area (TPSA) is 75.3 Å². The number of hydrogen-bond donors (Lipinski definition) is 2. The van der Waals surface area contributed by atoms with Crippen LogP contribution < -0.4 is 19.7 Å². The highest BCUT2D eigenvalue weighted by Gasteiger charge is 2.36. The Labute approximate surface area is 177 Å². The number of alkyl halides is 3. The zero-order valence-corrected chi connectivity index (χ0v) is 17.1. The number of benzene rings is 1. The van der Waals surface area contributed by atoms with Crippen molar-refractivity contribution in [2.45, 2.75) is 6.18 Å². The Hall–Kier alpha value is -3.27. The lowest BCUT2D eigenvalue weighted by molar-refractivity contribution is -0.137. The SMILES string of the molecule is COc1ccc(-c2ncc(-c3cnc(N4CCNCC4)c(C(F)(F)F)c3)[nH]2)cc1OC. The normalized spacial score (nSPS) is 14.5. The first-order valence-electron chi connectivity index (χ1n) is 9.71. The van der Waals surface area contributed by atoms with Gasteiger partial charge in [-0.15, -0.1) is 0 Å². The minimum atomic E-state index is -4.52. The molecule has 3 aromatic rings. The van der Waals surface area contributed by atoms with Gasteiger partial charge in [0.25, 0.3) is 0 Å². The first kappa shape index (κ1) is 21.0. The number of halogens is 3. The average Bonchev–Trinajstić information content (AvgIpc) is 3.28. The van der Waals surface area contributed by atoms with Crippen molar-refractivity contribution in [2.24, 2.45) is 0 Å². The van der Waals surface area contributed by atoms with Gasteiger partial charge in [0.15, 0.2) is 11.5 Å². The number of aromatic amines is 1. The molecule has 3 heterocycles. The van der Waals surface area contributed by atoms with E-state index < -0.39 is 11.7 Å². The van der Waals surface area contributed by atoms with Crippen LogP contribution in [0.5, 0.6) is 11.5 Å². The number of nitrogens with one attached hydrogen (secondary N) is 2. The summed E-state index contributed by atoms with van der Waals surface area (Å²) < 4.78 is 51.9. The first-order chi connectivity index (χ1) is 14.9. The summed E-state index contributed by atoms with van der Waals surface area (Å²) >= 11 is 0. The lowest BCUT2D eigenvalue weighted by Gasteiger charge is -2.30. The number of aromatic nitrogens is 3. The van der Waals surface area contributed by atoms with E-state index in [9.17, 15) is 13.2 Å². The summed E-state index contributed by atoms with van der Waals surface area (Å²) in [6, 6.07) is 6.39. The van der Waals surface area contributed by atoms with Crippen molar-refractivity contribution in [3.63, 3.8) is 0 Å². The highest BCUT2D eigenvalue weighted by Crippen LogP contribution is 2.38. The fraction of sp³-hybridized carbons (Fsp3) is 0.333. The number of methoxy groups -OCH3 is 2. The summed E-state index contributed by atoms with van der Waals surface area (Å²) in [6.45, 7) is 2.19. The summed E-state index contributed by atoms with van der Waals surface area (Å²) in [5.74, 6) is 1.55. The van der Waals surface area contributed by atoms with Crippen LogP contribution in [-0.4, -0.2) is 55.4 Å². The molecule has 0 bridgehead atoms. The predicted octanol–water partition coefficient (Wildman–Crippen LogP) is 3.58. The largest absolute Gasteiger partial charge is 0.493 e. The van der Waals surface area contributed by atoms with Crippen LogP contribution in [0.3, 0.4) is 0 Å². The number of nitrogens with zero attached hydrogens (tertiary/aromatic N) is 3. The number of H-pyrrole nitrogens is 1. The molecule has 2 N–H and O–H groups in total. The van der Waals surface area contributed by atoms with Crippen molar-refractivity contribution in [3.8, 4) is 34.1 Å². The number of piperazine rings is 1. The van der Waals surface area contributed by atoms with Crippen LogP contribution in [-0.2, 0) is 6.18 Å². The molecule has 1 aromatic carbocycles. The third-order valence-corrected chi connectivity index (χ3v) is 5.13. The monoisotopic (exact) mass is 433 g/mol. The molecule has 31 heavy (non-hydrogen) atoms. The van der Waals surface area contributed by atoms with E-state index in [1.165, 1.54) is 26.6 Å². The number of anilines is 1. The quantitative estimate of drug-likeness (QED) is 0.641. The van der Waals surface area contributed by atoms with Gasteiger partial charge in [-0.1, -0.05) is 0 Å². The van der Waals surface area contributed by atoms with Gasteiger partial charge >= 0.3 is 6.18 Å². The molecule has 0 spiro atoms. The van der Waals surface area contributed by atoms with Gasteiger partial charge in [-0.3, -0.25) is 0 Å². The van der Waals surface area contributed by atoms with Crippen molar-refractivity contribution in [1.82, 2.24) is 20.3 Å². The first-order valence-corrected chi connectivity index (χ1v) is 9.71. The third kappa shape index (κ3) is 4.29. The summed E-state index contributed by atoms with van der Waals surface area (Å²) in [6.07, 6.45) is -1.58. The van der Waals surface area contributed by atoms with Gasteiger partial charge in [0, 0.05) is 43.5 Å². The molecule has 7 nitrogen and oxygen atoms in total. The molecule has 10 heteroatoms. The maximum Gasteiger partial charge on any atom is 0.419 e. The van der Waals surface area contributed by atoms with E-state index >= 15 is 0 Å². The van der Waals surface area contributed by atoms with Gasteiger partial charge < -0.3 is 24.7 Å². The maximum absolute atomic E-state index is 13.8. The third-order valence-electron chi connectivity index (χ3n) is 5.13. The fourth-order valence-corrected chi connectivity index (χ4v) is 3.54. The minimum Gasteiger partial charge on any atom is -0.493 e. The molecule has 1 fully saturated rings. The number of imidazole rings is 1. The second kappa shape index (κ2) is 8.46. The van der Waals surface area contributed by atoms with Gasteiger partial charge in [-0.2, -0.15) is 13.2 Å². The molecular formula is C21H22F3N5O2. The Morgan fingerprint density at radius 3 is 2.35 bits per heavy atom. The molecule has 0 amide bonds. The molecular weight excluding hydrogens is 411 g/mol. The molecule has 0 aliphatic carbocycles. The van der Waals surface area contributed by atoms with Crippen molar-refractivity contribution < 1.29 is 22.6 Å². The summed E-state index contributed by atoms with van der Waals surface area (Å²) in [5.41, 5.74) is 0.708. The van der Waals surface area contributed by atoms with Crippen LogP contribution in [0.25, 0.3) is 22.6 Å². The van der Waals surface area contributed by atoms with Gasteiger partial charge in [0.2, 0.25) is 0 Å². The second-order valence-electron chi connectivity index (χ2n) is 7.05. The Bertz CT molecular complexity index is 1060. The zero-order valence-electron chi connectivity index (χ0n) is 17.1. The Morgan fingerprint density at radius 2 is 1.68 bits per heavy atom. The molecule has 1 aliphatic rings. The van der Waals surface area contributed by atoms with Gasteiger partial charge in [0.05, 0.1) is 31.7 Å². The summed E-state index contributed by atoms with van der Waals surface area (Å²) in [7, 11) is 3.07. The van der Waals surface area contributed by atoms with E-state index in [0.29, 0.717) is 60.3 Å². The Kier molecular flexibility index (Phi) is 5.73. The molecule has 0 unspecified atom stereocenters. The van der Waals surface area contributed by atoms with Crippen LogP contribution in [0.2, 0.25) is 0 Å². The smallest absolute Gasteiger partial charge is 0.419 e. The van der Waals surface area contributed by atoms with Crippen molar-refractivity contribution in [2.75, 3.05) is 45.3 Å². The zero-order chi connectivity index (χ0) is 22.0. The summed E-state index contributed by atoms with van der Waals surface area (Å²) in [4.78, 5) is 13.2. The van der Waals surface area contributed by atoms with Gasteiger partial charge in [0.1, 0.15) is 11.6 Å². The maximum atomic E-state index is 13.8. The number of rotatable bonds is 5. The van der Waals surface area contributed by atoms with Crippen LogP contribution >= 0.6 is 0 Å². The lowest BCUT2D eigenvalue weighted by Crippen LogP contribution is -2.44. The molecule has 0 radical (unpaired) electrons. The Morgan fingerprint density at radius 1 is 0.935 bits per heavy atom. The minimum absolute atomic E-state index is 0.0441. The van der Waals surface area contributed by atoms with Crippen LogP contribution in [0.4, 0.5) is 19.0 Å². The predicted molar refractivity (Wildman–Crippen MR) is 110 cm³/mol. The van der Waals surface area contributed by atoms with Crippen LogP contribution in [0, 0.1) is 0 Å². The van der Waals surface area contributed by atoms with Crippen molar-refractivity contribution >= 4 is 5.82 Å². The number of ether oxygens (including phenoxy) is 2. The second-order valence-corrected chi connectivity index (χ2v) is 7.05. The van der Waals surface area contributed by atoms with E-state index in [1.54, 1.807) is 23.1 Å². The highest BCUT2D eigenvalue weighted by molar-refractivity contribution is 5.68. The van der Waals surface area contributed by atoms with E-state index in [4.69, 9.17) is 9.47 Å². The average molecular weight is 433 g/mol. The lowest BCUT2D eigenvalue weighted by atomic mass is 10.1. The van der Waals surface area contributed by atoms with Crippen LogP contribution in [0.1, 0.15) is 5.56 Å². The van der Waals surface area contributed by atoms with Gasteiger partial charge in [-0.25, -0.2) is 9.97 Å².